The standard InChI is InChI=1S/C9H7ClO/c10-9(11)6-5-7-3-1-2-4-8(7)9/h1-6,11H. The summed E-state index contributed by atoms with van der Waals surface area (Å²) in [5, 5.41) is 8.24. The van der Waals surface area contributed by atoms with Crippen molar-refractivity contribution in [1.82, 2.24) is 0 Å². The fourth-order valence-corrected chi connectivity index (χ4v) is 1.49. The number of aliphatic hydroxyl groups is 1. The Morgan fingerprint density at radius 2 is 2.00 bits per heavy atom. The Bertz CT molecular complexity index is 315. The first-order chi connectivity index (χ1) is 5.20. The van der Waals surface area contributed by atoms with Gasteiger partial charge in [0.25, 0.3) is 0 Å². The molecule has 1 aromatic carbocycles. The van der Waals surface area contributed by atoms with Crippen LogP contribution in [0.3, 0.4) is 0 Å². The minimum Gasteiger partial charge on any atom is -0.368 e. The molecule has 1 aromatic rings. The van der Waals surface area contributed by atoms with Gasteiger partial charge < -0.3 is 5.11 Å². The van der Waals surface area contributed by atoms with E-state index in [1.165, 1.54) is 0 Å². The van der Waals surface area contributed by atoms with Crippen LogP contribution in [0.5, 0.6) is 0 Å². The van der Waals surface area contributed by atoms with Crippen molar-refractivity contribution in [3.8, 4) is 0 Å². The predicted molar refractivity (Wildman–Crippen MR) is 45.2 cm³/mol. The first-order valence-electron chi connectivity index (χ1n) is 3.40. The summed E-state index contributed by atoms with van der Waals surface area (Å²) in [6, 6.07) is 7.52. The Morgan fingerprint density at radius 3 is 2.73 bits per heavy atom. The van der Waals surface area contributed by atoms with Gasteiger partial charge in [0.05, 0.1) is 0 Å². The Balaban J connectivity index is 2.64. The van der Waals surface area contributed by atoms with Crippen LogP contribution in [0, 0.1) is 0 Å². The number of hydrogen-bond acceptors (Lipinski definition) is 1. The molecule has 1 aliphatic rings. The SMILES string of the molecule is OC1(Cl)C=Cc2ccccc21. The van der Waals surface area contributed by atoms with Crippen molar-refractivity contribution in [1.29, 1.82) is 0 Å². The van der Waals surface area contributed by atoms with Gasteiger partial charge in [0.2, 0.25) is 0 Å². The lowest BCUT2D eigenvalue weighted by Crippen LogP contribution is -2.10. The second-order valence-electron chi connectivity index (χ2n) is 2.59. The molecule has 0 saturated heterocycles. The topological polar surface area (TPSA) is 20.2 Å². The van der Waals surface area contributed by atoms with Crippen LogP contribution in [0.4, 0.5) is 0 Å². The van der Waals surface area contributed by atoms with Gasteiger partial charge in [-0.05, 0) is 11.6 Å². The van der Waals surface area contributed by atoms with Crippen molar-refractivity contribution >= 4 is 17.7 Å². The van der Waals surface area contributed by atoms with E-state index in [1.54, 1.807) is 6.08 Å². The average molecular weight is 167 g/mol. The van der Waals surface area contributed by atoms with Crippen LogP contribution in [0.1, 0.15) is 11.1 Å². The highest BCUT2D eigenvalue weighted by Crippen LogP contribution is 2.36. The lowest BCUT2D eigenvalue weighted by atomic mass is 10.1. The number of fused-ring (bicyclic) bond motifs is 1. The van der Waals surface area contributed by atoms with Gasteiger partial charge in [-0.3, -0.25) is 0 Å². The highest BCUT2D eigenvalue weighted by Gasteiger charge is 2.28. The number of halogens is 1. The van der Waals surface area contributed by atoms with E-state index < -0.39 is 5.06 Å². The molecule has 0 spiro atoms. The van der Waals surface area contributed by atoms with Gasteiger partial charge in [0.1, 0.15) is 0 Å². The molecule has 1 nitrogen and oxygen atoms in total. The fraction of sp³-hybridized carbons (Fsp3) is 0.111. The van der Waals surface area contributed by atoms with Gasteiger partial charge in [-0.2, -0.15) is 0 Å². The van der Waals surface area contributed by atoms with Crippen molar-refractivity contribution in [3.05, 3.63) is 41.5 Å². The molecular formula is C9H7ClO. The molecule has 1 unspecified atom stereocenters. The summed E-state index contributed by atoms with van der Waals surface area (Å²) in [5.41, 5.74) is 1.76. The Hall–Kier alpha value is -0.790. The number of hydrogen-bond donors (Lipinski definition) is 1. The smallest absolute Gasteiger partial charge is 0.184 e. The van der Waals surface area contributed by atoms with E-state index in [-0.39, 0.29) is 0 Å². The largest absolute Gasteiger partial charge is 0.368 e. The van der Waals surface area contributed by atoms with Crippen LogP contribution >= 0.6 is 11.6 Å². The molecule has 0 fully saturated rings. The highest BCUT2D eigenvalue weighted by atomic mass is 35.5. The molecule has 1 atom stereocenters. The van der Waals surface area contributed by atoms with Gasteiger partial charge in [0.15, 0.2) is 5.06 Å². The highest BCUT2D eigenvalue weighted by molar-refractivity contribution is 6.25. The Morgan fingerprint density at radius 1 is 1.27 bits per heavy atom. The van der Waals surface area contributed by atoms with Gasteiger partial charge in [-0.25, -0.2) is 0 Å². The number of benzene rings is 1. The second-order valence-corrected chi connectivity index (χ2v) is 3.17. The summed E-state index contributed by atoms with van der Waals surface area (Å²) in [6.07, 6.45) is 3.40. The fourth-order valence-electron chi connectivity index (χ4n) is 1.25. The summed E-state index contributed by atoms with van der Waals surface area (Å²) < 4.78 is 0. The molecule has 1 aliphatic carbocycles. The second kappa shape index (κ2) is 2.10. The Labute approximate surface area is 69.9 Å². The van der Waals surface area contributed by atoms with Crippen LogP contribution < -0.4 is 0 Å². The molecule has 0 saturated carbocycles. The third kappa shape index (κ3) is 0.971. The van der Waals surface area contributed by atoms with Gasteiger partial charge in [-0.1, -0.05) is 41.9 Å². The van der Waals surface area contributed by atoms with E-state index in [1.807, 2.05) is 30.3 Å². The maximum atomic E-state index is 9.53. The first-order valence-corrected chi connectivity index (χ1v) is 3.78. The van der Waals surface area contributed by atoms with Crippen LogP contribution in [-0.2, 0) is 5.06 Å². The summed E-state index contributed by atoms with van der Waals surface area (Å²) in [7, 11) is 0. The van der Waals surface area contributed by atoms with E-state index in [4.69, 9.17) is 11.6 Å². The molecule has 56 valence electrons. The van der Waals surface area contributed by atoms with Gasteiger partial charge >= 0.3 is 0 Å². The van der Waals surface area contributed by atoms with Crippen molar-refractivity contribution in [3.63, 3.8) is 0 Å². The Kier molecular flexibility index (Phi) is 1.31. The minimum absolute atomic E-state index is 0.765. The molecule has 2 heteroatoms. The third-order valence-electron chi connectivity index (χ3n) is 1.82. The predicted octanol–water partition coefficient (Wildman–Crippen LogP) is 2.10. The third-order valence-corrected chi connectivity index (χ3v) is 2.15. The lowest BCUT2D eigenvalue weighted by Gasteiger charge is -2.12. The van der Waals surface area contributed by atoms with E-state index >= 15 is 0 Å². The molecule has 0 amide bonds. The zero-order valence-corrected chi connectivity index (χ0v) is 6.55. The normalized spacial score (nSPS) is 27.1. The van der Waals surface area contributed by atoms with E-state index in [0.29, 0.717) is 0 Å². The van der Waals surface area contributed by atoms with E-state index in [2.05, 4.69) is 0 Å². The molecular weight excluding hydrogens is 160 g/mol. The molecule has 1 N–H and O–H groups in total. The van der Waals surface area contributed by atoms with Crippen molar-refractivity contribution in [2.45, 2.75) is 5.06 Å². The summed E-state index contributed by atoms with van der Waals surface area (Å²) in [4.78, 5) is 0. The molecule has 0 bridgehead atoms. The maximum Gasteiger partial charge on any atom is 0.184 e. The maximum absolute atomic E-state index is 9.53. The van der Waals surface area contributed by atoms with Crippen LogP contribution in [0.2, 0.25) is 0 Å². The van der Waals surface area contributed by atoms with Crippen LogP contribution in [0.25, 0.3) is 6.08 Å². The summed E-state index contributed by atoms with van der Waals surface area (Å²) in [6.45, 7) is 0. The van der Waals surface area contributed by atoms with Crippen molar-refractivity contribution < 1.29 is 5.11 Å². The summed E-state index contributed by atoms with van der Waals surface area (Å²) >= 11 is 5.77. The van der Waals surface area contributed by atoms with E-state index in [9.17, 15) is 5.11 Å². The molecule has 0 aromatic heterocycles. The molecule has 0 radical (unpaired) electrons. The van der Waals surface area contributed by atoms with Crippen molar-refractivity contribution in [2.24, 2.45) is 0 Å². The lowest BCUT2D eigenvalue weighted by molar-refractivity contribution is 0.185. The van der Waals surface area contributed by atoms with Crippen molar-refractivity contribution in [2.75, 3.05) is 0 Å². The van der Waals surface area contributed by atoms with Gasteiger partial charge in [0, 0.05) is 5.56 Å². The average Bonchev–Trinajstić information content (AvgIpc) is 2.29. The number of rotatable bonds is 0. The zero-order valence-electron chi connectivity index (χ0n) is 5.79. The van der Waals surface area contributed by atoms with Crippen LogP contribution in [-0.4, -0.2) is 5.11 Å². The minimum atomic E-state index is -1.28. The van der Waals surface area contributed by atoms with E-state index in [0.717, 1.165) is 11.1 Å². The molecule has 0 heterocycles. The summed E-state index contributed by atoms with van der Waals surface area (Å²) in [5.74, 6) is 0. The molecule has 0 aliphatic heterocycles. The molecule has 2 rings (SSSR count). The van der Waals surface area contributed by atoms with Gasteiger partial charge in [-0.15, -0.1) is 0 Å². The van der Waals surface area contributed by atoms with Crippen LogP contribution in [0.15, 0.2) is 30.3 Å². The first kappa shape index (κ1) is 6.89. The zero-order chi connectivity index (χ0) is 7.90. The number of alkyl halides is 1. The molecule has 11 heavy (non-hydrogen) atoms. The monoisotopic (exact) mass is 166 g/mol. The quantitative estimate of drug-likeness (QED) is 0.586.